The summed E-state index contributed by atoms with van der Waals surface area (Å²) in [7, 11) is 0. The lowest BCUT2D eigenvalue weighted by Gasteiger charge is -2.33. The fourth-order valence-electron chi connectivity index (χ4n) is 4.31. The maximum atomic E-state index is 13.0. The Morgan fingerprint density at radius 1 is 0.966 bits per heavy atom. The van der Waals surface area contributed by atoms with E-state index in [9.17, 15) is 9.59 Å². The van der Waals surface area contributed by atoms with Crippen LogP contribution < -0.4 is 10.6 Å². The molecule has 2 aromatic carbocycles. The van der Waals surface area contributed by atoms with Gasteiger partial charge in [0.25, 0.3) is 5.91 Å². The topological polar surface area (TPSA) is 61.4 Å². The molecule has 2 unspecified atom stereocenters. The van der Waals surface area contributed by atoms with Crippen molar-refractivity contribution in [2.24, 2.45) is 5.92 Å². The van der Waals surface area contributed by atoms with E-state index < -0.39 is 0 Å². The standard InChI is InChI=1S/C24H29N3O2/c28-23(22-9-4-14-25-22)26-16-18-6-5-15-27(17-18)24(29)21-12-10-20(11-13-21)19-7-2-1-3-8-19/h1-3,7-8,10-13,18,22,25H,4-6,9,14-17H2,(H,26,28). The van der Waals surface area contributed by atoms with Crippen LogP contribution in [0.25, 0.3) is 11.1 Å². The molecule has 5 nitrogen and oxygen atoms in total. The van der Waals surface area contributed by atoms with Crippen LogP contribution in [-0.2, 0) is 4.79 Å². The SMILES string of the molecule is O=C(NCC1CCCN(C(=O)c2ccc(-c3ccccc3)cc2)C1)C1CCCN1. The van der Waals surface area contributed by atoms with Crippen LogP contribution in [0.3, 0.4) is 0 Å². The lowest BCUT2D eigenvalue weighted by atomic mass is 9.96. The van der Waals surface area contributed by atoms with E-state index in [1.807, 2.05) is 47.4 Å². The van der Waals surface area contributed by atoms with E-state index in [4.69, 9.17) is 0 Å². The van der Waals surface area contributed by atoms with Crippen molar-refractivity contribution < 1.29 is 9.59 Å². The third kappa shape index (κ3) is 4.85. The first-order valence-electron chi connectivity index (χ1n) is 10.7. The van der Waals surface area contributed by atoms with Gasteiger partial charge in [-0.3, -0.25) is 9.59 Å². The van der Waals surface area contributed by atoms with Crippen molar-refractivity contribution in [3.05, 3.63) is 60.2 Å². The van der Waals surface area contributed by atoms with Gasteiger partial charge in [0.1, 0.15) is 0 Å². The Labute approximate surface area is 172 Å². The summed E-state index contributed by atoms with van der Waals surface area (Å²) in [4.78, 5) is 27.1. The summed E-state index contributed by atoms with van der Waals surface area (Å²) in [5.74, 6) is 0.502. The average molecular weight is 392 g/mol. The second kappa shape index (κ2) is 9.23. The van der Waals surface area contributed by atoms with Gasteiger partial charge < -0.3 is 15.5 Å². The van der Waals surface area contributed by atoms with Gasteiger partial charge in [0, 0.05) is 25.2 Å². The molecule has 2 fully saturated rings. The lowest BCUT2D eigenvalue weighted by molar-refractivity contribution is -0.123. The van der Waals surface area contributed by atoms with Crippen molar-refractivity contribution in [3.8, 4) is 11.1 Å². The zero-order valence-corrected chi connectivity index (χ0v) is 16.8. The molecule has 2 amide bonds. The Bertz CT molecular complexity index is 829. The van der Waals surface area contributed by atoms with Crippen LogP contribution in [0.1, 0.15) is 36.0 Å². The zero-order chi connectivity index (χ0) is 20.1. The molecule has 29 heavy (non-hydrogen) atoms. The minimum atomic E-state index is -0.0422. The van der Waals surface area contributed by atoms with Gasteiger partial charge in [0.2, 0.25) is 5.91 Å². The molecule has 4 rings (SSSR count). The van der Waals surface area contributed by atoms with Gasteiger partial charge in [-0.05, 0) is 61.4 Å². The number of nitrogens with one attached hydrogen (secondary N) is 2. The molecule has 2 atom stereocenters. The zero-order valence-electron chi connectivity index (χ0n) is 16.8. The van der Waals surface area contributed by atoms with Crippen LogP contribution in [0, 0.1) is 5.92 Å². The van der Waals surface area contributed by atoms with E-state index >= 15 is 0 Å². The Morgan fingerprint density at radius 2 is 1.72 bits per heavy atom. The van der Waals surface area contributed by atoms with Crippen LogP contribution in [0.15, 0.2) is 54.6 Å². The number of rotatable bonds is 5. The summed E-state index contributed by atoms with van der Waals surface area (Å²) < 4.78 is 0. The fraction of sp³-hybridized carbons (Fsp3) is 0.417. The van der Waals surface area contributed by atoms with Gasteiger partial charge in [-0.25, -0.2) is 0 Å². The summed E-state index contributed by atoms with van der Waals surface area (Å²) in [6, 6.07) is 18.0. The van der Waals surface area contributed by atoms with Crippen molar-refractivity contribution >= 4 is 11.8 Å². The average Bonchev–Trinajstić information content (AvgIpc) is 3.33. The number of hydrogen-bond acceptors (Lipinski definition) is 3. The highest BCUT2D eigenvalue weighted by Gasteiger charge is 2.26. The quantitative estimate of drug-likeness (QED) is 0.823. The molecule has 0 radical (unpaired) electrons. The number of likely N-dealkylation sites (tertiary alicyclic amines) is 1. The Kier molecular flexibility index (Phi) is 6.25. The van der Waals surface area contributed by atoms with Crippen LogP contribution in [0.5, 0.6) is 0 Å². The number of benzene rings is 2. The van der Waals surface area contributed by atoms with Crippen LogP contribution in [-0.4, -0.2) is 48.9 Å². The van der Waals surface area contributed by atoms with E-state index in [1.165, 1.54) is 0 Å². The lowest BCUT2D eigenvalue weighted by Crippen LogP contribution is -2.46. The van der Waals surface area contributed by atoms with Gasteiger partial charge in [0.05, 0.1) is 6.04 Å². The molecule has 2 N–H and O–H groups in total. The highest BCUT2D eigenvalue weighted by molar-refractivity contribution is 5.94. The molecular formula is C24H29N3O2. The number of carbonyl (C=O) groups is 2. The van der Waals surface area contributed by atoms with Gasteiger partial charge >= 0.3 is 0 Å². The molecule has 152 valence electrons. The molecule has 2 aliphatic rings. The first kappa shape index (κ1) is 19.6. The van der Waals surface area contributed by atoms with E-state index in [2.05, 4.69) is 22.8 Å². The molecule has 2 aromatic rings. The number of carbonyl (C=O) groups excluding carboxylic acids is 2. The highest BCUT2D eigenvalue weighted by Crippen LogP contribution is 2.22. The smallest absolute Gasteiger partial charge is 0.253 e. The summed E-state index contributed by atoms with van der Waals surface area (Å²) in [6.07, 6.45) is 4.01. The second-order valence-corrected chi connectivity index (χ2v) is 8.10. The fourth-order valence-corrected chi connectivity index (χ4v) is 4.31. The molecule has 0 spiro atoms. The third-order valence-corrected chi connectivity index (χ3v) is 5.99. The molecule has 0 aliphatic carbocycles. The Balaban J connectivity index is 1.33. The molecule has 0 bridgehead atoms. The second-order valence-electron chi connectivity index (χ2n) is 8.10. The van der Waals surface area contributed by atoms with E-state index in [0.717, 1.165) is 55.5 Å². The predicted octanol–water partition coefficient (Wildman–Crippen LogP) is 3.07. The van der Waals surface area contributed by atoms with E-state index in [-0.39, 0.29) is 17.9 Å². The normalized spacial score (nSPS) is 21.7. The van der Waals surface area contributed by atoms with Crippen molar-refractivity contribution in [3.63, 3.8) is 0 Å². The van der Waals surface area contributed by atoms with E-state index in [1.54, 1.807) is 0 Å². The number of nitrogens with zero attached hydrogens (tertiary/aromatic N) is 1. The number of hydrogen-bond donors (Lipinski definition) is 2. The summed E-state index contributed by atoms with van der Waals surface area (Å²) in [5.41, 5.74) is 2.99. The van der Waals surface area contributed by atoms with Crippen molar-refractivity contribution in [2.75, 3.05) is 26.2 Å². The van der Waals surface area contributed by atoms with Crippen molar-refractivity contribution in [1.29, 1.82) is 0 Å². The largest absolute Gasteiger partial charge is 0.354 e. The molecule has 2 aliphatic heterocycles. The molecule has 2 saturated heterocycles. The van der Waals surface area contributed by atoms with Gasteiger partial charge in [0.15, 0.2) is 0 Å². The van der Waals surface area contributed by atoms with Gasteiger partial charge in [-0.1, -0.05) is 42.5 Å². The van der Waals surface area contributed by atoms with Crippen LogP contribution >= 0.6 is 0 Å². The molecular weight excluding hydrogens is 362 g/mol. The monoisotopic (exact) mass is 391 g/mol. The summed E-state index contributed by atoms with van der Waals surface area (Å²) in [5, 5.41) is 6.31. The first-order valence-corrected chi connectivity index (χ1v) is 10.7. The maximum absolute atomic E-state index is 13.0. The van der Waals surface area contributed by atoms with Crippen LogP contribution in [0.2, 0.25) is 0 Å². The predicted molar refractivity (Wildman–Crippen MR) is 115 cm³/mol. The van der Waals surface area contributed by atoms with Crippen molar-refractivity contribution in [2.45, 2.75) is 31.7 Å². The first-order chi connectivity index (χ1) is 14.2. The van der Waals surface area contributed by atoms with Gasteiger partial charge in [-0.2, -0.15) is 0 Å². The number of amides is 2. The molecule has 0 aromatic heterocycles. The van der Waals surface area contributed by atoms with Crippen molar-refractivity contribution in [1.82, 2.24) is 15.5 Å². The Morgan fingerprint density at radius 3 is 2.45 bits per heavy atom. The van der Waals surface area contributed by atoms with E-state index in [0.29, 0.717) is 19.0 Å². The summed E-state index contributed by atoms with van der Waals surface area (Å²) in [6.45, 7) is 3.06. The van der Waals surface area contributed by atoms with Crippen LogP contribution in [0.4, 0.5) is 0 Å². The van der Waals surface area contributed by atoms with Gasteiger partial charge in [-0.15, -0.1) is 0 Å². The molecule has 0 saturated carbocycles. The molecule has 2 heterocycles. The highest BCUT2D eigenvalue weighted by atomic mass is 16.2. The minimum absolute atomic E-state index is 0.0422. The summed E-state index contributed by atoms with van der Waals surface area (Å²) >= 11 is 0. The minimum Gasteiger partial charge on any atom is -0.354 e. The molecule has 5 heteroatoms. The third-order valence-electron chi connectivity index (χ3n) is 5.99. The number of piperidine rings is 1. The Hall–Kier alpha value is -2.66. The maximum Gasteiger partial charge on any atom is 0.253 e.